The van der Waals surface area contributed by atoms with Crippen molar-refractivity contribution < 1.29 is 80.2 Å². The Kier molecular flexibility index (Phi) is 71.8. The summed E-state index contributed by atoms with van der Waals surface area (Å²) in [6.45, 7) is 12.0. The monoisotopic (exact) mass is 1490 g/mol. The van der Waals surface area contributed by atoms with Crippen molar-refractivity contribution in [3.8, 4) is 0 Å². The van der Waals surface area contributed by atoms with Crippen LogP contribution >= 0.6 is 15.6 Å². The molecule has 0 spiro atoms. The molecular weight excluding hydrogens is 1330 g/mol. The maximum Gasteiger partial charge on any atom is 0.472 e. The Bertz CT molecular complexity index is 1970. The first-order valence-electron chi connectivity index (χ1n) is 42.8. The number of carbonyl (C=O) groups excluding carboxylic acids is 4. The third kappa shape index (κ3) is 76.3. The summed E-state index contributed by atoms with van der Waals surface area (Å²) in [6, 6.07) is 0. The fourth-order valence-electron chi connectivity index (χ4n) is 12.8. The lowest BCUT2D eigenvalue weighted by Gasteiger charge is -2.21. The summed E-state index contributed by atoms with van der Waals surface area (Å²) in [5.74, 6) is 0.208. The van der Waals surface area contributed by atoms with E-state index in [2.05, 4.69) is 48.5 Å². The molecule has 3 N–H and O–H groups in total. The second kappa shape index (κ2) is 73.2. The summed E-state index contributed by atoms with van der Waals surface area (Å²) in [5.41, 5.74) is 0. The van der Waals surface area contributed by atoms with Crippen LogP contribution in [0, 0.1) is 17.8 Å². The fraction of sp³-hybridized carbons (Fsp3) is 0.952. The molecule has 0 saturated carbocycles. The lowest BCUT2D eigenvalue weighted by Crippen LogP contribution is -2.30. The number of esters is 4. The molecule has 19 heteroatoms. The molecule has 0 amide bonds. The van der Waals surface area contributed by atoms with Crippen LogP contribution in [0.25, 0.3) is 0 Å². The van der Waals surface area contributed by atoms with E-state index in [1.54, 1.807) is 0 Å². The topological polar surface area (TPSA) is 237 Å². The van der Waals surface area contributed by atoms with Crippen molar-refractivity contribution in [2.45, 2.75) is 452 Å². The average Bonchev–Trinajstić information content (AvgIpc) is 0.921. The molecule has 0 radical (unpaired) electrons. The van der Waals surface area contributed by atoms with Gasteiger partial charge in [-0.3, -0.25) is 37.3 Å². The van der Waals surface area contributed by atoms with Gasteiger partial charge in [-0.25, -0.2) is 9.13 Å². The van der Waals surface area contributed by atoms with Crippen LogP contribution in [0.1, 0.15) is 434 Å². The molecule has 0 aromatic carbocycles. The maximum absolute atomic E-state index is 13.1. The van der Waals surface area contributed by atoms with Gasteiger partial charge in [-0.2, -0.15) is 0 Å². The van der Waals surface area contributed by atoms with Crippen LogP contribution in [-0.4, -0.2) is 96.7 Å². The highest BCUT2D eigenvalue weighted by Gasteiger charge is 2.30. The molecule has 0 heterocycles. The molecule has 0 aliphatic carbocycles. The Morgan fingerprint density at radius 3 is 0.667 bits per heavy atom. The van der Waals surface area contributed by atoms with Gasteiger partial charge in [0.2, 0.25) is 0 Å². The highest BCUT2D eigenvalue weighted by atomic mass is 31.2. The van der Waals surface area contributed by atoms with Crippen molar-refractivity contribution in [1.29, 1.82) is 0 Å². The van der Waals surface area contributed by atoms with Crippen LogP contribution < -0.4 is 0 Å². The highest BCUT2D eigenvalue weighted by Crippen LogP contribution is 2.45. The summed E-state index contributed by atoms with van der Waals surface area (Å²) in [6.07, 6.45) is 62.5. The van der Waals surface area contributed by atoms with Crippen molar-refractivity contribution in [2.24, 2.45) is 17.8 Å². The molecule has 2 unspecified atom stereocenters. The first-order valence-corrected chi connectivity index (χ1v) is 45.8. The van der Waals surface area contributed by atoms with Gasteiger partial charge in [0, 0.05) is 25.7 Å². The van der Waals surface area contributed by atoms with Gasteiger partial charge in [0.05, 0.1) is 26.4 Å². The predicted octanol–water partition coefficient (Wildman–Crippen LogP) is 24.9. The zero-order valence-corrected chi connectivity index (χ0v) is 68.9. The van der Waals surface area contributed by atoms with E-state index in [-0.39, 0.29) is 25.7 Å². The third-order valence-electron chi connectivity index (χ3n) is 19.4. The minimum atomic E-state index is -4.96. The largest absolute Gasteiger partial charge is 0.472 e. The summed E-state index contributed by atoms with van der Waals surface area (Å²) in [4.78, 5) is 73.1. The van der Waals surface area contributed by atoms with Crippen LogP contribution in [0.2, 0.25) is 0 Å². The van der Waals surface area contributed by atoms with E-state index in [1.165, 1.54) is 238 Å². The van der Waals surface area contributed by atoms with Crippen LogP contribution in [0.3, 0.4) is 0 Å². The smallest absolute Gasteiger partial charge is 0.462 e. The van der Waals surface area contributed by atoms with Crippen molar-refractivity contribution in [2.75, 3.05) is 39.6 Å². The second-order valence-corrected chi connectivity index (χ2v) is 34.2. The zero-order chi connectivity index (χ0) is 75.1. The highest BCUT2D eigenvalue weighted by molar-refractivity contribution is 7.47. The second-order valence-electron chi connectivity index (χ2n) is 31.3. The minimum Gasteiger partial charge on any atom is -0.462 e. The Morgan fingerprint density at radius 2 is 0.451 bits per heavy atom. The number of rotatable bonds is 81. The van der Waals surface area contributed by atoms with Gasteiger partial charge >= 0.3 is 39.5 Å². The van der Waals surface area contributed by atoms with Crippen molar-refractivity contribution >= 4 is 39.5 Å². The number of ether oxygens (including phenoxy) is 4. The standard InChI is InChI=1S/C83H162O17P2/c1-8-9-10-11-12-13-14-15-20-26-32-37-44-52-59-66-83(88)100-79(71-94-81(86)65-58-51-46-39-42-49-56-63-76(6)7)73-98-102(91,92)96-69-77(84)68-95-101(89,90)97-72-78(70-93-80(85)64-57-50-43-36-31-28-23-25-30-35-41-48-55-62-75(4)5)99-82(87)67-60-53-45-38-33-27-22-19-17-16-18-21-24-29-34-40-47-54-61-74(2)3/h74-79,84H,8-73H2,1-7H3,(H,89,90)(H,91,92)/t77-,78-,79-/m1/s1. The number of phosphoric ester groups is 2. The van der Waals surface area contributed by atoms with Crippen LogP contribution in [-0.2, 0) is 65.4 Å². The Labute approximate surface area is 626 Å². The molecule has 0 aliphatic heterocycles. The zero-order valence-electron chi connectivity index (χ0n) is 67.1. The molecule has 0 aliphatic rings. The van der Waals surface area contributed by atoms with Crippen LogP contribution in [0.4, 0.5) is 0 Å². The number of phosphoric acid groups is 2. The van der Waals surface area contributed by atoms with Crippen LogP contribution in [0.15, 0.2) is 0 Å². The van der Waals surface area contributed by atoms with Gasteiger partial charge in [0.15, 0.2) is 12.2 Å². The summed E-state index contributed by atoms with van der Waals surface area (Å²) in [7, 11) is -9.92. The molecular formula is C83H162O17P2. The van der Waals surface area contributed by atoms with E-state index in [0.29, 0.717) is 31.6 Å². The molecule has 5 atom stereocenters. The Hall–Kier alpha value is -1.94. The molecule has 17 nitrogen and oxygen atoms in total. The molecule has 0 rings (SSSR count). The van der Waals surface area contributed by atoms with Gasteiger partial charge in [-0.15, -0.1) is 0 Å². The van der Waals surface area contributed by atoms with Crippen molar-refractivity contribution in [3.05, 3.63) is 0 Å². The van der Waals surface area contributed by atoms with Gasteiger partial charge in [-0.1, -0.05) is 382 Å². The Balaban J connectivity index is 5.23. The molecule has 0 aromatic heterocycles. The van der Waals surface area contributed by atoms with Gasteiger partial charge in [-0.05, 0) is 43.4 Å². The number of unbranched alkanes of at least 4 members (excludes halogenated alkanes) is 49. The van der Waals surface area contributed by atoms with Gasteiger partial charge in [0.1, 0.15) is 19.3 Å². The van der Waals surface area contributed by atoms with Gasteiger partial charge < -0.3 is 33.8 Å². The molecule has 606 valence electrons. The number of aliphatic hydroxyl groups excluding tert-OH is 1. The maximum atomic E-state index is 13.1. The Morgan fingerprint density at radius 1 is 0.265 bits per heavy atom. The molecule has 0 bridgehead atoms. The first kappa shape index (κ1) is 100. The third-order valence-corrected chi connectivity index (χ3v) is 21.3. The van der Waals surface area contributed by atoms with E-state index in [9.17, 15) is 43.2 Å². The summed E-state index contributed by atoms with van der Waals surface area (Å²) in [5, 5.41) is 10.7. The molecule has 0 fully saturated rings. The van der Waals surface area contributed by atoms with E-state index in [1.807, 2.05) is 0 Å². The average molecular weight is 1490 g/mol. The number of aliphatic hydroxyl groups is 1. The predicted molar refractivity (Wildman–Crippen MR) is 418 cm³/mol. The lowest BCUT2D eigenvalue weighted by atomic mass is 10.0. The molecule has 102 heavy (non-hydrogen) atoms. The summed E-state index contributed by atoms with van der Waals surface area (Å²) >= 11 is 0. The van der Waals surface area contributed by atoms with Crippen LogP contribution in [0.5, 0.6) is 0 Å². The fourth-order valence-corrected chi connectivity index (χ4v) is 14.4. The SMILES string of the molecule is CCCCCCCCCCCCCCCCCC(=O)O[C@H](COC(=O)CCCCCCCCCC(C)C)COP(=O)(O)OC[C@H](O)COP(=O)(O)OC[C@@H](COC(=O)CCCCCCCCCCCCCCCC(C)C)OC(=O)CCCCCCCCCCCCCCCCCCCCC(C)C. The molecule has 0 aromatic rings. The van der Waals surface area contributed by atoms with E-state index < -0.39 is 97.5 Å². The van der Waals surface area contributed by atoms with E-state index in [4.69, 9.17) is 37.0 Å². The quantitative estimate of drug-likeness (QED) is 0.0222. The summed E-state index contributed by atoms with van der Waals surface area (Å²) < 4.78 is 68.8. The lowest BCUT2D eigenvalue weighted by molar-refractivity contribution is -0.161. The number of hydrogen-bond donors (Lipinski definition) is 3. The molecule has 0 saturated heterocycles. The normalized spacial score (nSPS) is 13.9. The van der Waals surface area contributed by atoms with Crippen molar-refractivity contribution in [1.82, 2.24) is 0 Å². The number of hydrogen-bond acceptors (Lipinski definition) is 15. The number of carbonyl (C=O) groups is 4. The van der Waals surface area contributed by atoms with Crippen molar-refractivity contribution in [3.63, 3.8) is 0 Å². The van der Waals surface area contributed by atoms with Gasteiger partial charge in [0.25, 0.3) is 0 Å². The first-order chi connectivity index (χ1) is 49.2. The minimum absolute atomic E-state index is 0.107. The van der Waals surface area contributed by atoms with E-state index in [0.717, 1.165) is 108 Å². The van der Waals surface area contributed by atoms with E-state index >= 15 is 0 Å².